The summed E-state index contributed by atoms with van der Waals surface area (Å²) in [5.74, 6) is -1.34. The SMILES string of the molecule is CC(C)C(N)C(=O)NCCOC(=O)c1cc2n(n1)-c1ccc(Cl)cc1C(c1ccccc1F)=NC2. The van der Waals surface area contributed by atoms with E-state index in [9.17, 15) is 14.0 Å². The maximum Gasteiger partial charge on any atom is 0.358 e. The molecule has 1 aliphatic heterocycles. The number of aromatic nitrogens is 2. The summed E-state index contributed by atoms with van der Waals surface area (Å²) in [6.45, 7) is 3.97. The molecule has 1 unspecified atom stereocenters. The molecule has 1 aliphatic rings. The van der Waals surface area contributed by atoms with Crippen LogP contribution in [0.25, 0.3) is 5.69 Å². The minimum atomic E-state index is -0.637. The van der Waals surface area contributed by atoms with Gasteiger partial charge < -0.3 is 15.8 Å². The average Bonchev–Trinajstić information content (AvgIpc) is 3.20. The Morgan fingerprint density at radius 1 is 1.20 bits per heavy atom. The molecule has 3 N–H and O–H groups in total. The summed E-state index contributed by atoms with van der Waals surface area (Å²) in [6, 6.07) is 12.5. The van der Waals surface area contributed by atoms with E-state index in [0.717, 1.165) is 0 Å². The van der Waals surface area contributed by atoms with E-state index in [1.807, 2.05) is 13.8 Å². The number of rotatable bonds is 7. The maximum atomic E-state index is 14.6. The molecule has 182 valence electrons. The van der Waals surface area contributed by atoms with Crippen LogP contribution in [0.4, 0.5) is 4.39 Å². The lowest BCUT2D eigenvalue weighted by molar-refractivity contribution is -0.123. The van der Waals surface area contributed by atoms with E-state index in [4.69, 9.17) is 22.1 Å². The van der Waals surface area contributed by atoms with Crippen LogP contribution in [0.5, 0.6) is 0 Å². The van der Waals surface area contributed by atoms with Gasteiger partial charge in [0.05, 0.1) is 36.2 Å². The number of amides is 1. The number of hydrogen-bond acceptors (Lipinski definition) is 6. The molecular formula is C25H25ClFN5O3. The van der Waals surface area contributed by atoms with Crippen LogP contribution in [0.3, 0.4) is 0 Å². The van der Waals surface area contributed by atoms with E-state index in [2.05, 4.69) is 15.4 Å². The molecule has 0 fully saturated rings. The Morgan fingerprint density at radius 2 is 1.97 bits per heavy atom. The number of ether oxygens (including phenoxy) is 1. The topological polar surface area (TPSA) is 112 Å². The zero-order chi connectivity index (χ0) is 25.1. The van der Waals surface area contributed by atoms with Gasteiger partial charge in [0, 0.05) is 16.1 Å². The Morgan fingerprint density at radius 3 is 2.71 bits per heavy atom. The smallest absolute Gasteiger partial charge is 0.358 e. The summed E-state index contributed by atoms with van der Waals surface area (Å²) in [4.78, 5) is 29.1. The number of carbonyl (C=O) groups is 2. The molecule has 1 aromatic heterocycles. The van der Waals surface area contributed by atoms with Crippen molar-refractivity contribution in [3.63, 3.8) is 0 Å². The van der Waals surface area contributed by atoms with Crippen molar-refractivity contribution in [1.29, 1.82) is 0 Å². The third-order valence-electron chi connectivity index (χ3n) is 5.62. The van der Waals surface area contributed by atoms with Gasteiger partial charge in [-0.25, -0.2) is 13.9 Å². The summed E-state index contributed by atoms with van der Waals surface area (Å²) in [5.41, 5.74) is 8.51. The summed E-state index contributed by atoms with van der Waals surface area (Å²) in [7, 11) is 0. The first-order valence-corrected chi connectivity index (χ1v) is 11.5. The maximum absolute atomic E-state index is 14.6. The second-order valence-electron chi connectivity index (χ2n) is 8.44. The Bertz CT molecular complexity index is 1300. The van der Waals surface area contributed by atoms with Crippen molar-refractivity contribution >= 4 is 29.2 Å². The number of nitrogens with two attached hydrogens (primary N) is 1. The molecule has 0 saturated carbocycles. The Balaban J connectivity index is 1.54. The van der Waals surface area contributed by atoms with Crippen molar-refractivity contribution in [3.05, 3.63) is 81.9 Å². The van der Waals surface area contributed by atoms with Gasteiger partial charge in [0.25, 0.3) is 0 Å². The molecular weight excluding hydrogens is 473 g/mol. The van der Waals surface area contributed by atoms with Gasteiger partial charge >= 0.3 is 5.97 Å². The molecule has 0 spiro atoms. The van der Waals surface area contributed by atoms with Crippen molar-refractivity contribution in [3.8, 4) is 5.69 Å². The summed E-state index contributed by atoms with van der Waals surface area (Å²) in [5, 5.41) is 7.53. The number of benzene rings is 2. The van der Waals surface area contributed by atoms with Crippen molar-refractivity contribution in [2.75, 3.05) is 13.2 Å². The molecule has 0 saturated heterocycles. The van der Waals surface area contributed by atoms with E-state index in [1.54, 1.807) is 47.1 Å². The molecule has 2 heterocycles. The van der Waals surface area contributed by atoms with E-state index < -0.39 is 17.8 Å². The van der Waals surface area contributed by atoms with Crippen LogP contribution in [0.1, 0.15) is 41.2 Å². The van der Waals surface area contributed by atoms with Gasteiger partial charge in [0.15, 0.2) is 5.69 Å². The highest BCUT2D eigenvalue weighted by Crippen LogP contribution is 2.28. The van der Waals surface area contributed by atoms with Crippen LogP contribution < -0.4 is 11.1 Å². The Hall–Kier alpha value is -3.56. The van der Waals surface area contributed by atoms with Gasteiger partial charge in [-0.05, 0) is 42.3 Å². The lowest BCUT2D eigenvalue weighted by Gasteiger charge is -2.15. The molecule has 1 atom stereocenters. The predicted octanol–water partition coefficient (Wildman–Crippen LogP) is 3.27. The molecule has 0 aliphatic carbocycles. The summed E-state index contributed by atoms with van der Waals surface area (Å²) in [6.07, 6.45) is 0. The lowest BCUT2D eigenvalue weighted by Crippen LogP contribution is -2.44. The number of esters is 1. The van der Waals surface area contributed by atoms with Gasteiger partial charge in [0.1, 0.15) is 12.4 Å². The number of carbonyl (C=O) groups excluding carboxylic acids is 2. The second kappa shape index (κ2) is 10.4. The van der Waals surface area contributed by atoms with Crippen LogP contribution in [-0.4, -0.2) is 46.6 Å². The van der Waals surface area contributed by atoms with Crippen LogP contribution in [0.15, 0.2) is 53.5 Å². The molecule has 4 rings (SSSR count). The van der Waals surface area contributed by atoms with Crippen LogP contribution in [-0.2, 0) is 16.1 Å². The third kappa shape index (κ3) is 5.26. The van der Waals surface area contributed by atoms with Gasteiger partial charge in [-0.3, -0.25) is 9.79 Å². The quantitative estimate of drug-likeness (QED) is 0.384. The van der Waals surface area contributed by atoms with Crippen molar-refractivity contribution < 1.29 is 18.7 Å². The summed E-state index contributed by atoms with van der Waals surface area (Å²) >= 11 is 6.24. The van der Waals surface area contributed by atoms with Crippen molar-refractivity contribution in [1.82, 2.24) is 15.1 Å². The van der Waals surface area contributed by atoms with Gasteiger partial charge in [0.2, 0.25) is 5.91 Å². The molecule has 10 heteroatoms. The van der Waals surface area contributed by atoms with E-state index in [1.165, 1.54) is 6.07 Å². The third-order valence-corrected chi connectivity index (χ3v) is 5.85. The zero-order valence-electron chi connectivity index (χ0n) is 19.3. The minimum absolute atomic E-state index is 0.00202. The minimum Gasteiger partial charge on any atom is -0.459 e. The fourth-order valence-corrected chi connectivity index (χ4v) is 3.84. The van der Waals surface area contributed by atoms with Crippen molar-refractivity contribution in [2.45, 2.75) is 26.4 Å². The van der Waals surface area contributed by atoms with Gasteiger partial charge in [-0.2, -0.15) is 5.10 Å². The van der Waals surface area contributed by atoms with Gasteiger partial charge in [-0.15, -0.1) is 0 Å². The second-order valence-corrected chi connectivity index (χ2v) is 8.87. The number of nitrogens with zero attached hydrogens (tertiary/aromatic N) is 3. The monoisotopic (exact) mass is 497 g/mol. The predicted molar refractivity (Wildman–Crippen MR) is 130 cm³/mol. The highest BCUT2D eigenvalue weighted by atomic mass is 35.5. The fourth-order valence-electron chi connectivity index (χ4n) is 3.66. The first kappa shape index (κ1) is 24.6. The first-order valence-electron chi connectivity index (χ1n) is 11.1. The molecule has 35 heavy (non-hydrogen) atoms. The van der Waals surface area contributed by atoms with Crippen LogP contribution >= 0.6 is 11.6 Å². The number of nitrogens with one attached hydrogen (secondary N) is 1. The number of hydrogen-bond donors (Lipinski definition) is 2. The van der Waals surface area contributed by atoms with Gasteiger partial charge in [-0.1, -0.05) is 37.6 Å². The van der Waals surface area contributed by atoms with Crippen LogP contribution in [0.2, 0.25) is 5.02 Å². The highest BCUT2D eigenvalue weighted by molar-refractivity contribution is 6.31. The highest BCUT2D eigenvalue weighted by Gasteiger charge is 2.24. The summed E-state index contributed by atoms with van der Waals surface area (Å²) < 4.78 is 21.4. The normalized spacial score (nSPS) is 13.4. The number of aliphatic imine (C=N–C) groups is 1. The van der Waals surface area contributed by atoms with Crippen LogP contribution in [0, 0.1) is 11.7 Å². The lowest BCUT2D eigenvalue weighted by atomic mass is 10.00. The van der Waals surface area contributed by atoms with Crippen molar-refractivity contribution in [2.24, 2.45) is 16.6 Å². The Labute approximate surface area is 206 Å². The zero-order valence-corrected chi connectivity index (χ0v) is 20.1. The standard InChI is InChI=1S/C25H25ClFN5O3/c1-14(2)22(28)24(33)29-9-10-35-25(34)20-12-16-13-30-23(17-5-3-4-6-19(17)27)18-11-15(26)7-8-21(18)32(16)31-20/h3-8,11-12,14,22H,9-10,13,28H2,1-2H3,(H,29,33). The molecule has 8 nitrogen and oxygen atoms in total. The fraction of sp³-hybridized carbons (Fsp3) is 0.280. The number of halogens is 2. The number of fused-ring (bicyclic) bond motifs is 3. The molecule has 0 bridgehead atoms. The van der Waals surface area contributed by atoms with E-state index in [0.29, 0.717) is 33.2 Å². The molecule has 1 amide bonds. The Kier molecular flexibility index (Phi) is 7.28. The molecule has 3 aromatic rings. The first-order chi connectivity index (χ1) is 16.8. The van der Waals surface area contributed by atoms with E-state index >= 15 is 0 Å². The molecule has 0 radical (unpaired) electrons. The average molecular weight is 498 g/mol. The molecule has 2 aromatic carbocycles. The van der Waals surface area contributed by atoms with E-state index in [-0.39, 0.29) is 37.2 Å². The largest absolute Gasteiger partial charge is 0.459 e.